The molecule has 1 N–H and O–H groups in total. The van der Waals surface area contributed by atoms with Crippen molar-refractivity contribution in [2.75, 3.05) is 0 Å². The number of fused-ring (bicyclic) bond motifs is 3. The first-order valence-electron chi connectivity index (χ1n) is 10.5. The van der Waals surface area contributed by atoms with Gasteiger partial charge in [-0.05, 0) is 37.5 Å². The first kappa shape index (κ1) is 20.7. The van der Waals surface area contributed by atoms with Gasteiger partial charge in [0.15, 0.2) is 0 Å². The molecular weight excluding hydrogens is 394 g/mol. The van der Waals surface area contributed by atoms with Crippen LogP contribution >= 0.6 is 0 Å². The number of aromatic nitrogens is 2. The number of carbonyl (C=O) groups is 1. The second-order valence-electron chi connectivity index (χ2n) is 7.71. The summed E-state index contributed by atoms with van der Waals surface area (Å²) in [5, 5.41) is 3.52. The fourth-order valence-corrected chi connectivity index (χ4v) is 3.69. The fourth-order valence-electron chi connectivity index (χ4n) is 3.69. The molecule has 1 amide bonds. The predicted molar refractivity (Wildman–Crippen MR) is 120 cm³/mol. The minimum atomic E-state index is -0.515. The summed E-state index contributed by atoms with van der Waals surface area (Å²) in [4.78, 5) is 39.1. The van der Waals surface area contributed by atoms with Gasteiger partial charge in [-0.3, -0.25) is 18.7 Å². The molecule has 4 aromatic rings. The van der Waals surface area contributed by atoms with E-state index in [0.29, 0.717) is 22.9 Å². The molecule has 7 heteroatoms. The highest BCUT2D eigenvalue weighted by molar-refractivity contribution is 6.02. The van der Waals surface area contributed by atoms with E-state index in [2.05, 4.69) is 5.32 Å². The molecule has 1 atom stereocenters. The van der Waals surface area contributed by atoms with Crippen LogP contribution in [0.15, 0.2) is 68.6 Å². The average Bonchev–Trinajstić information content (AvgIpc) is 3.17. The first-order chi connectivity index (χ1) is 15.0. The van der Waals surface area contributed by atoms with Gasteiger partial charge in [0.2, 0.25) is 11.5 Å². The molecule has 4 rings (SSSR count). The molecule has 0 saturated heterocycles. The third-order valence-electron chi connectivity index (χ3n) is 5.53. The van der Waals surface area contributed by atoms with Crippen LogP contribution in [-0.2, 0) is 24.3 Å². The molecule has 2 aromatic heterocycles. The lowest BCUT2D eigenvalue weighted by Crippen LogP contribution is -2.43. The zero-order valence-corrected chi connectivity index (χ0v) is 17.6. The summed E-state index contributed by atoms with van der Waals surface area (Å²) in [6, 6.07) is 16.8. The molecule has 0 aliphatic rings. The topological polar surface area (TPSA) is 86.2 Å². The maximum absolute atomic E-state index is 13.4. The normalized spacial score (nSPS) is 12.3. The Bertz CT molecular complexity index is 1350. The van der Waals surface area contributed by atoms with Crippen molar-refractivity contribution in [1.29, 1.82) is 0 Å². The van der Waals surface area contributed by atoms with E-state index in [1.807, 2.05) is 50.2 Å². The highest BCUT2D eigenvalue weighted by Gasteiger charge is 2.21. The SMILES string of the molecule is CC[C@H](C)NC(=O)Cn1c(=O)n(CCc2ccccc2)c(=O)c2oc3ccccc3c21. The lowest BCUT2D eigenvalue weighted by molar-refractivity contribution is -0.122. The largest absolute Gasteiger partial charge is 0.449 e. The van der Waals surface area contributed by atoms with Crippen LogP contribution in [0.5, 0.6) is 0 Å². The summed E-state index contributed by atoms with van der Waals surface area (Å²) in [6.45, 7) is 3.89. The van der Waals surface area contributed by atoms with Gasteiger partial charge in [-0.25, -0.2) is 4.79 Å². The van der Waals surface area contributed by atoms with Crippen molar-refractivity contribution < 1.29 is 9.21 Å². The lowest BCUT2D eigenvalue weighted by Gasteiger charge is -2.14. The Morgan fingerprint density at radius 1 is 1.03 bits per heavy atom. The fraction of sp³-hybridized carbons (Fsp3) is 0.292. The number of aryl methyl sites for hydroxylation is 1. The van der Waals surface area contributed by atoms with E-state index >= 15 is 0 Å². The number of furan rings is 1. The minimum Gasteiger partial charge on any atom is -0.449 e. The predicted octanol–water partition coefficient (Wildman–Crippen LogP) is 3.07. The van der Waals surface area contributed by atoms with Crippen LogP contribution < -0.4 is 16.6 Å². The number of nitrogens with one attached hydrogen (secondary N) is 1. The molecule has 31 heavy (non-hydrogen) atoms. The van der Waals surface area contributed by atoms with Crippen LogP contribution in [0.3, 0.4) is 0 Å². The van der Waals surface area contributed by atoms with E-state index in [9.17, 15) is 14.4 Å². The van der Waals surface area contributed by atoms with Gasteiger partial charge in [0, 0.05) is 18.0 Å². The van der Waals surface area contributed by atoms with Crippen LogP contribution in [0.1, 0.15) is 25.8 Å². The molecule has 2 aromatic carbocycles. The number of nitrogens with zero attached hydrogens (tertiary/aromatic N) is 2. The monoisotopic (exact) mass is 419 g/mol. The number of rotatable bonds is 7. The van der Waals surface area contributed by atoms with Crippen molar-refractivity contribution in [2.24, 2.45) is 0 Å². The summed E-state index contributed by atoms with van der Waals surface area (Å²) in [6.07, 6.45) is 1.29. The van der Waals surface area contributed by atoms with E-state index < -0.39 is 11.2 Å². The summed E-state index contributed by atoms with van der Waals surface area (Å²) < 4.78 is 8.34. The quantitative estimate of drug-likeness (QED) is 0.499. The zero-order chi connectivity index (χ0) is 22.0. The van der Waals surface area contributed by atoms with E-state index in [0.717, 1.165) is 16.6 Å². The van der Waals surface area contributed by atoms with Crippen LogP contribution in [-0.4, -0.2) is 21.1 Å². The van der Waals surface area contributed by atoms with Crippen molar-refractivity contribution in [3.63, 3.8) is 0 Å². The second kappa shape index (κ2) is 8.63. The van der Waals surface area contributed by atoms with Crippen molar-refractivity contribution in [2.45, 2.75) is 45.8 Å². The van der Waals surface area contributed by atoms with Gasteiger partial charge >= 0.3 is 5.69 Å². The molecule has 0 unspecified atom stereocenters. The zero-order valence-electron chi connectivity index (χ0n) is 17.6. The first-order valence-corrected chi connectivity index (χ1v) is 10.5. The third-order valence-corrected chi connectivity index (χ3v) is 5.53. The molecule has 0 bridgehead atoms. The average molecular weight is 419 g/mol. The summed E-state index contributed by atoms with van der Waals surface area (Å²) in [5.41, 5.74) is 0.974. The lowest BCUT2D eigenvalue weighted by atomic mass is 10.1. The molecule has 0 radical (unpaired) electrons. The minimum absolute atomic E-state index is 0.0104. The molecule has 2 heterocycles. The Balaban J connectivity index is 1.85. The van der Waals surface area contributed by atoms with Crippen LogP contribution in [0.2, 0.25) is 0 Å². The number of para-hydroxylation sites is 1. The van der Waals surface area contributed by atoms with Crippen molar-refractivity contribution in [1.82, 2.24) is 14.5 Å². The number of amides is 1. The van der Waals surface area contributed by atoms with Crippen molar-refractivity contribution >= 4 is 28.0 Å². The van der Waals surface area contributed by atoms with Gasteiger partial charge in [-0.1, -0.05) is 49.4 Å². The standard InChI is InChI=1S/C24H25N3O4/c1-3-16(2)25-20(28)15-27-21-18-11-7-8-12-19(18)31-22(21)23(29)26(24(27)30)14-13-17-9-5-4-6-10-17/h4-12,16H,3,13-15H2,1-2H3,(H,25,28)/t16-/m0/s1. The Morgan fingerprint density at radius 3 is 2.48 bits per heavy atom. The smallest absolute Gasteiger partial charge is 0.332 e. The number of hydrogen-bond donors (Lipinski definition) is 1. The van der Waals surface area contributed by atoms with Crippen LogP contribution in [0.25, 0.3) is 22.1 Å². The third kappa shape index (κ3) is 4.03. The number of benzene rings is 2. The van der Waals surface area contributed by atoms with E-state index in [-0.39, 0.29) is 30.6 Å². The Labute approximate surface area is 178 Å². The van der Waals surface area contributed by atoms with Gasteiger partial charge in [-0.15, -0.1) is 0 Å². The molecule has 0 aliphatic carbocycles. The number of hydrogen-bond acceptors (Lipinski definition) is 4. The van der Waals surface area contributed by atoms with E-state index in [1.54, 1.807) is 18.2 Å². The summed E-state index contributed by atoms with van der Waals surface area (Å²) in [7, 11) is 0. The van der Waals surface area contributed by atoms with Gasteiger partial charge in [-0.2, -0.15) is 0 Å². The molecule has 0 aliphatic heterocycles. The summed E-state index contributed by atoms with van der Waals surface area (Å²) >= 11 is 0. The highest BCUT2D eigenvalue weighted by atomic mass is 16.3. The van der Waals surface area contributed by atoms with Gasteiger partial charge < -0.3 is 9.73 Å². The van der Waals surface area contributed by atoms with E-state index in [1.165, 1.54) is 4.57 Å². The van der Waals surface area contributed by atoms with Crippen molar-refractivity contribution in [3.8, 4) is 0 Å². The van der Waals surface area contributed by atoms with Gasteiger partial charge in [0.25, 0.3) is 5.56 Å². The second-order valence-corrected chi connectivity index (χ2v) is 7.71. The van der Waals surface area contributed by atoms with Crippen molar-refractivity contribution in [3.05, 3.63) is 81.0 Å². The Hall–Kier alpha value is -3.61. The van der Waals surface area contributed by atoms with E-state index in [4.69, 9.17) is 4.42 Å². The molecule has 0 saturated carbocycles. The molecule has 0 fully saturated rings. The molecular formula is C24H25N3O4. The number of carbonyl (C=O) groups excluding carboxylic acids is 1. The highest BCUT2D eigenvalue weighted by Crippen LogP contribution is 2.25. The van der Waals surface area contributed by atoms with Gasteiger partial charge in [0.1, 0.15) is 17.6 Å². The maximum Gasteiger partial charge on any atom is 0.332 e. The molecule has 160 valence electrons. The Kier molecular flexibility index (Phi) is 5.75. The molecule has 7 nitrogen and oxygen atoms in total. The molecule has 0 spiro atoms. The Morgan fingerprint density at radius 2 is 1.74 bits per heavy atom. The van der Waals surface area contributed by atoms with Crippen LogP contribution in [0, 0.1) is 0 Å². The maximum atomic E-state index is 13.4. The van der Waals surface area contributed by atoms with Gasteiger partial charge in [0.05, 0.1) is 0 Å². The van der Waals surface area contributed by atoms with Crippen LogP contribution in [0.4, 0.5) is 0 Å². The summed E-state index contributed by atoms with van der Waals surface area (Å²) in [5.74, 6) is -0.281.